The van der Waals surface area contributed by atoms with Crippen molar-refractivity contribution >= 4 is 0 Å². The van der Waals surface area contributed by atoms with Crippen molar-refractivity contribution < 1.29 is 4.74 Å². The van der Waals surface area contributed by atoms with Crippen molar-refractivity contribution in [3.05, 3.63) is 0 Å². The largest absolute Gasteiger partial charge is 0.383 e. The number of methoxy groups -OCH3 is 1. The third-order valence-corrected chi connectivity index (χ3v) is 2.08. The molecular weight excluding hydrogens is 164 g/mol. The molecule has 0 bridgehead atoms. The summed E-state index contributed by atoms with van der Waals surface area (Å²) in [5.74, 6) is 0.709. The van der Waals surface area contributed by atoms with E-state index in [1.54, 1.807) is 7.11 Å². The summed E-state index contributed by atoms with van der Waals surface area (Å²) in [5.41, 5.74) is 0. The monoisotopic (exact) mass is 188 g/mol. The molecule has 80 valence electrons. The molecule has 0 spiro atoms. The lowest BCUT2D eigenvalue weighted by Gasteiger charge is -2.28. The minimum absolute atomic E-state index is 0.484. The smallest absolute Gasteiger partial charge is 0.0630 e. The number of nitrogens with one attached hydrogen (secondary N) is 1. The summed E-state index contributed by atoms with van der Waals surface area (Å²) in [6.45, 7) is 7.37. The van der Waals surface area contributed by atoms with Crippen LogP contribution in [0.15, 0.2) is 0 Å². The molecule has 3 heteroatoms. The molecule has 0 amide bonds. The number of hydrogen-bond donors (Lipinski definition) is 1. The van der Waals surface area contributed by atoms with Gasteiger partial charge in [0.1, 0.15) is 0 Å². The molecule has 13 heavy (non-hydrogen) atoms. The second-order valence-corrected chi connectivity index (χ2v) is 4.00. The maximum absolute atomic E-state index is 5.18. The molecule has 0 saturated heterocycles. The average molecular weight is 188 g/mol. The van der Waals surface area contributed by atoms with Crippen LogP contribution in [0.3, 0.4) is 0 Å². The van der Waals surface area contributed by atoms with Gasteiger partial charge in [0.2, 0.25) is 0 Å². The van der Waals surface area contributed by atoms with Gasteiger partial charge in [0.05, 0.1) is 6.61 Å². The highest BCUT2D eigenvalue weighted by molar-refractivity contribution is 4.70. The molecule has 3 nitrogen and oxygen atoms in total. The van der Waals surface area contributed by atoms with E-state index in [1.807, 2.05) is 7.05 Å². The summed E-state index contributed by atoms with van der Waals surface area (Å²) in [7, 11) is 5.89. The topological polar surface area (TPSA) is 24.5 Å². The Labute approximate surface area is 82.4 Å². The number of likely N-dealkylation sites (N-methyl/N-ethyl adjacent to an activating group) is 2. The van der Waals surface area contributed by atoms with E-state index in [0.29, 0.717) is 12.0 Å². The van der Waals surface area contributed by atoms with Crippen LogP contribution in [0.1, 0.15) is 13.8 Å². The van der Waals surface area contributed by atoms with E-state index >= 15 is 0 Å². The molecule has 0 heterocycles. The average Bonchev–Trinajstić information content (AvgIpc) is 2.02. The molecule has 0 aromatic carbocycles. The SMILES string of the molecule is CNCC(COC)N(C)CC(C)C. The summed E-state index contributed by atoms with van der Waals surface area (Å²) in [4.78, 5) is 2.35. The zero-order valence-electron chi connectivity index (χ0n) is 9.63. The highest BCUT2D eigenvalue weighted by Crippen LogP contribution is 2.01. The Kier molecular flexibility index (Phi) is 7.23. The molecule has 0 aliphatic rings. The van der Waals surface area contributed by atoms with Crippen molar-refractivity contribution in [2.75, 3.05) is 40.9 Å². The van der Waals surface area contributed by atoms with Crippen LogP contribution in [0.4, 0.5) is 0 Å². The van der Waals surface area contributed by atoms with Gasteiger partial charge in [0.25, 0.3) is 0 Å². The summed E-state index contributed by atoms with van der Waals surface area (Å²) in [6, 6.07) is 0.484. The van der Waals surface area contributed by atoms with E-state index < -0.39 is 0 Å². The fourth-order valence-corrected chi connectivity index (χ4v) is 1.50. The molecule has 0 radical (unpaired) electrons. The lowest BCUT2D eigenvalue weighted by atomic mass is 10.2. The van der Waals surface area contributed by atoms with Gasteiger partial charge in [-0.25, -0.2) is 0 Å². The Bertz CT molecular complexity index is 111. The molecule has 0 aliphatic carbocycles. The highest BCUT2D eigenvalue weighted by atomic mass is 16.5. The van der Waals surface area contributed by atoms with Gasteiger partial charge in [-0.1, -0.05) is 13.8 Å². The molecule has 1 unspecified atom stereocenters. The van der Waals surface area contributed by atoms with Gasteiger partial charge in [0.15, 0.2) is 0 Å². The van der Waals surface area contributed by atoms with Crippen molar-refractivity contribution in [3.8, 4) is 0 Å². The Balaban J connectivity index is 3.86. The van der Waals surface area contributed by atoms with Crippen LogP contribution < -0.4 is 5.32 Å². The molecule has 0 rings (SSSR count). The Morgan fingerprint density at radius 3 is 2.38 bits per heavy atom. The van der Waals surface area contributed by atoms with Crippen molar-refractivity contribution in [1.82, 2.24) is 10.2 Å². The zero-order chi connectivity index (χ0) is 10.3. The highest BCUT2D eigenvalue weighted by Gasteiger charge is 2.14. The molecule has 0 fully saturated rings. The van der Waals surface area contributed by atoms with Crippen LogP contribution in [0.5, 0.6) is 0 Å². The van der Waals surface area contributed by atoms with E-state index in [0.717, 1.165) is 19.7 Å². The first-order chi connectivity index (χ1) is 6.11. The van der Waals surface area contributed by atoms with Gasteiger partial charge in [-0.3, -0.25) is 4.90 Å². The first kappa shape index (κ1) is 12.9. The van der Waals surface area contributed by atoms with Crippen molar-refractivity contribution in [1.29, 1.82) is 0 Å². The number of hydrogen-bond acceptors (Lipinski definition) is 3. The van der Waals surface area contributed by atoms with Crippen molar-refractivity contribution in [2.24, 2.45) is 5.92 Å². The first-order valence-corrected chi connectivity index (χ1v) is 4.95. The minimum atomic E-state index is 0.484. The summed E-state index contributed by atoms with van der Waals surface area (Å²) < 4.78 is 5.18. The van der Waals surface area contributed by atoms with Gasteiger partial charge in [-0.15, -0.1) is 0 Å². The third kappa shape index (κ3) is 6.02. The van der Waals surface area contributed by atoms with Crippen molar-refractivity contribution in [3.63, 3.8) is 0 Å². The van der Waals surface area contributed by atoms with Gasteiger partial charge in [-0.2, -0.15) is 0 Å². The van der Waals surface area contributed by atoms with Crippen LogP contribution in [0.2, 0.25) is 0 Å². The predicted molar refractivity (Wildman–Crippen MR) is 57.1 cm³/mol. The summed E-state index contributed by atoms with van der Waals surface area (Å²) in [5, 5.41) is 3.19. The van der Waals surface area contributed by atoms with Gasteiger partial charge >= 0.3 is 0 Å². The molecule has 0 aromatic heterocycles. The molecular formula is C10H24N2O. The molecule has 1 atom stereocenters. The van der Waals surface area contributed by atoms with E-state index in [4.69, 9.17) is 4.74 Å². The van der Waals surface area contributed by atoms with Gasteiger partial charge in [-0.05, 0) is 20.0 Å². The second kappa shape index (κ2) is 7.30. The van der Waals surface area contributed by atoms with E-state index in [9.17, 15) is 0 Å². The van der Waals surface area contributed by atoms with Crippen molar-refractivity contribution in [2.45, 2.75) is 19.9 Å². The van der Waals surface area contributed by atoms with E-state index in [-0.39, 0.29) is 0 Å². The standard InChI is InChI=1S/C10H24N2O/c1-9(2)7-12(4)10(6-11-3)8-13-5/h9-11H,6-8H2,1-5H3. The Morgan fingerprint density at radius 1 is 1.38 bits per heavy atom. The third-order valence-electron chi connectivity index (χ3n) is 2.08. The fraction of sp³-hybridized carbons (Fsp3) is 1.00. The number of rotatable bonds is 7. The quantitative estimate of drug-likeness (QED) is 0.640. The predicted octanol–water partition coefficient (Wildman–Crippen LogP) is 0.809. The maximum atomic E-state index is 5.18. The molecule has 1 N–H and O–H groups in total. The normalized spacial score (nSPS) is 14.1. The summed E-state index contributed by atoms with van der Waals surface area (Å²) in [6.07, 6.45) is 0. The van der Waals surface area contributed by atoms with Crippen LogP contribution in [-0.2, 0) is 4.74 Å². The molecule has 0 saturated carbocycles. The maximum Gasteiger partial charge on any atom is 0.0630 e. The van der Waals surface area contributed by atoms with Crippen LogP contribution in [-0.4, -0.2) is 51.8 Å². The fourth-order valence-electron chi connectivity index (χ4n) is 1.50. The van der Waals surface area contributed by atoms with Crippen LogP contribution in [0.25, 0.3) is 0 Å². The number of nitrogens with zero attached hydrogens (tertiary/aromatic N) is 1. The lowest BCUT2D eigenvalue weighted by Crippen LogP contribution is -2.43. The van der Waals surface area contributed by atoms with E-state index in [1.165, 1.54) is 0 Å². The van der Waals surface area contributed by atoms with Crippen LogP contribution in [0, 0.1) is 5.92 Å². The minimum Gasteiger partial charge on any atom is -0.383 e. The Hall–Kier alpha value is -0.120. The zero-order valence-corrected chi connectivity index (χ0v) is 9.63. The first-order valence-electron chi connectivity index (χ1n) is 4.95. The Morgan fingerprint density at radius 2 is 2.00 bits per heavy atom. The molecule has 0 aromatic rings. The number of ether oxygens (including phenoxy) is 1. The van der Waals surface area contributed by atoms with Crippen LogP contribution >= 0.6 is 0 Å². The van der Waals surface area contributed by atoms with Gasteiger partial charge < -0.3 is 10.1 Å². The van der Waals surface area contributed by atoms with E-state index in [2.05, 4.69) is 31.1 Å². The van der Waals surface area contributed by atoms with Gasteiger partial charge in [0, 0.05) is 26.2 Å². The lowest BCUT2D eigenvalue weighted by molar-refractivity contribution is 0.0996. The molecule has 0 aliphatic heterocycles. The summed E-state index contributed by atoms with van der Waals surface area (Å²) >= 11 is 0. The second-order valence-electron chi connectivity index (χ2n) is 4.00.